The molecule has 452 valence electrons. The van der Waals surface area contributed by atoms with E-state index in [2.05, 4.69) is 124 Å². The van der Waals surface area contributed by atoms with Crippen molar-refractivity contribution in [1.29, 1.82) is 0 Å². The molecule has 0 heterocycles. The molecule has 0 fully saturated rings. The van der Waals surface area contributed by atoms with Crippen LogP contribution in [0.4, 0.5) is 0 Å². The Balaban J connectivity index is 4.44. The molecule has 0 rings (SSSR count). The van der Waals surface area contributed by atoms with Gasteiger partial charge in [0.25, 0.3) is 0 Å². The van der Waals surface area contributed by atoms with E-state index in [1.54, 1.807) is 0 Å². The lowest BCUT2D eigenvalue weighted by molar-refractivity contribution is -0.166. The molecule has 1 unspecified atom stereocenters. The van der Waals surface area contributed by atoms with Crippen LogP contribution in [0, 0.1) is 0 Å². The molecule has 0 aromatic heterocycles. The van der Waals surface area contributed by atoms with Gasteiger partial charge in [-0.2, -0.15) is 0 Å². The fourth-order valence-corrected chi connectivity index (χ4v) is 9.30. The van der Waals surface area contributed by atoms with Gasteiger partial charge in [0, 0.05) is 19.3 Å². The topological polar surface area (TPSA) is 78.9 Å². The minimum atomic E-state index is -0.822. The highest BCUT2D eigenvalue weighted by Gasteiger charge is 2.19. The molecule has 0 aromatic rings. The number of ether oxygens (including phenoxy) is 3. The molecule has 0 bridgehead atoms. The van der Waals surface area contributed by atoms with Crippen molar-refractivity contribution in [2.75, 3.05) is 13.2 Å². The Morgan fingerprint density at radius 1 is 0.266 bits per heavy atom. The zero-order chi connectivity index (χ0) is 57.1. The third kappa shape index (κ3) is 64.8. The number of carbonyl (C=O) groups excluding carboxylic acids is 3. The maximum absolute atomic E-state index is 12.9. The summed E-state index contributed by atoms with van der Waals surface area (Å²) in [6.07, 6.45) is 91.1. The molecule has 6 heteroatoms. The normalized spacial score (nSPS) is 12.8. The first-order chi connectivity index (χ1) is 39.0. The van der Waals surface area contributed by atoms with E-state index in [0.717, 1.165) is 89.9 Å². The Hall–Kier alpha value is -3.93. The molecule has 1 atom stereocenters. The fraction of sp³-hybridized carbons (Fsp3) is 0.712. The van der Waals surface area contributed by atoms with Gasteiger partial charge in [-0.3, -0.25) is 14.4 Å². The Morgan fingerprint density at radius 2 is 0.519 bits per heavy atom. The van der Waals surface area contributed by atoms with Crippen molar-refractivity contribution in [3.05, 3.63) is 109 Å². The number of hydrogen-bond acceptors (Lipinski definition) is 6. The first-order valence-corrected chi connectivity index (χ1v) is 33.4. The van der Waals surface area contributed by atoms with E-state index in [4.69, 9.17) is 14.2 Å². The van der Waals surface area contributed by atoms with Crippen molar-refractivity contribution in [2.24, 2.45) is 0 Å². The summed E-state index contributed by atoms with van der Waals surface area (Å²) < 4.78 is 16.9. The quantitative estimate of drug-likeness (QED) is 0.0261. The molecule has 0 aliphatic heterocycles. The average molecular weight is 1100 g/mol. The molecule has 0 N–H and O–H groups in total. The van der Waals surface area contributed by atoms with E-state index in [9.17, 15) is 14.4 Å². The van der Waals surface area contributed by atoms with Gasteiger partial charge in [-0.1, -0.05) is 310 Å². The average Bonchev–Trinajstić information content (AvgIpc) is 3.45. The highest BCUT2D eigenvalue weighted by Crippen LogP contribution is 2.16. The summed E-state index contributed by atoms with van der Waals surface area (Å²) >= 11 is 0. The molecule has 0 aromatic carbocycles. The lowest BCUT2D eigenvalue weighted by Gasteiger charge is -2.18. The number of unbranched alkanes of at least 4 members (excludes halogenated alkanes) is 31. The standard InChI is InChI=1S/C73H124O6/c1-4-7-10-13-16-19-22-25-28-31-33-34-35-36-37-38-40-42-45-48-51-54-57-60-63-66-72(75)78-69-70(68-77-71(74)65-62-59-56-53-50-47-44-41-30-27-24-21-18-15-12-9-6-3)79-73(76)67-64-61-58-55-52-49-46-43-39-32-29-26-23-20-17-14-11-8-5-2/h8,11,17,20,22,25-26,29,31,33,35-36,39,43,49,52,58,61,70H,4-7,9-10,12-16,18-19,21,23-24,27-28,30,32,34,37-38,40-42,44-48,50-51,53-57,59-60,62-69H2,1-3H3/b11-8-,20-17-,25-22-,29-26-,33-31-,36-35-,43-39-,52-49-,61-58-. The van der Waals surface area contributed by atoms with E-state index in [1.165, 1.54) is 180 Å². The van der Waals surface area contributed by atoms with Crippen molar-refractivity contribution < 1.29 is 28.6 Å². The van der Waals surface area contributed by atoms with Gasteiger partial charge < -0.3 is 14.2 Å². The van der Waals surface area contributed by atoms with Crippen LogP contribution in [-0.2, 0) is 28.6 Å². The van der Waals surface area contributed by atoms with E-state index in [0.29, 0.717) is 19.3 Å². The zero-order valence-electron chi connectivity index (χ0n) is 51.9. The molecule has 0 spiro atoms. The van der Waals surface area contributed by atoms with Crippen molar-refractivity contribution in [3.8, 4) is 0 Å². The van der Waals surface area contributed by atoms with Gasteiger partial charge in [-0.25, -0.2) is 0 Å². The molecule has 0 saturated carbocycles. The van der Waals surface area contributed by atoms with Crippen LogP contribution < -0.4 is 0 Å². The van der Waals surface area contributed by atoms with Crippen LogP contribution in [0.25, 0.3) is 0 Å². The third-order valence-corrected chi connectivity index (χ3v) is 14.3. The third-order valence-electron chi connectivity index (χ3n) is 14.3. The number of rotatable bonds is 60. The van der Waals surface area contributed by atoms with Crippen LogP contribution in [-0.4, -0.2) is 37.2 Å². The van der Waals surface area contributed by atoms with Gasteiger partial charge in [-0.05, 0) is 96.3 Å². The second-order valence-electron chi connectivity index (χ2n) is 22.0. The van der Waals surface area contributed by atoms with Crippen LogP contribution >= 0.6 is 0 Å². The summed E-state index contributed by atoms with van der Waals surface area (Å²) in [5.41, 5.74) is 0. The Morgan fingerprint density at radius 3 is 0.823 bits per heavy atom. The maximum Gasteiger partial charge on any atom is 0.306 e. The monoisotopic (exact) mass is 1100 g/mol. The molecule has 0 aliphatic rings. The van der Waals surface area contributed by atoms with Gasteiger partial charge in [0.15, 0.2) is 6.10 Å². The summed E-state index contributed by atoms with van der Waals surface area (Å²) in [5, 5.41) is 0. The van der Waals surface area contributed by atoms with Crippen LogP contribution in [0.3, 0.4) is 0 Å². The van der Waals surface area contributed by atoms with Crippen LogP contribution in [0.15, 0.2) is 109 Å². The summed E-state index contributed by atoms with van der Waals surface area (Å²) in [6, 6.07) is 0. The van der Waals surface area contributed by atoms with Crippen molar-refractivity contribution in [1.82, 2.24) is 0 Å². The van der Waals surface area contributed by atoms with Crippen molar-refractivity contribution >= 4 is 17.9 Å². The van der Waals surface area contributed by atoms with E-state index >= 15 is 0 Å². The zero-order valence-corrected chi connectivity index (χ0v) is 51.9. The SMILES string of the molecule is CC/C=C\C/C=C\C/C=C\C/C=C\C/C=C\C/C=C\CCC(=O)OC(COC(=O)CCCCCCCCCCCC/C=C\C/C=C\C/C=C\CCCCCCC)COC(=O)CCCCCCCCCCCCCCCCCCC. The van der Waals surface area contributed by atoms with Gasteiger partial charge in [0.05, 0.1) is 0 Å². The van der Waals surface area contributed by atoms with Crippen LogP contribution in [0.5, 0.6) is 0 Å². The van der Waals surface area contributed by atoms with Gasteiger partial charge in [-0.15, -0.1) is 0 Å². The van der Waals surface area contributed by atoms with E-state index < -0.39 is 12.1 Å². The fourth-order valence-electron chi connectivity index (χ4n) is 9.30. The summed E-state index contributed by atoms with van der Waals surface area (Å²) in [6.45, 7) is 6.48. The van der Waals surface area contributed by atoms with Crippen molar-refractivity contribution in [3.63, 3.8) is 0 Å². The predicted molar refractivity (Wildman–Crippen MR) is 343 cm³/mol. The first-order valence-electron chi connectivity index (χ1n) is 33.4. The molecular weight excluding hydrogens is 973 g/mol. The summed E-state index contributed by atoms with van der Waals surface area (Å²) in [5.74, 6) is -0.985. The molecular formula is C73H124O6. The number of carbonyl (C=O) groups is 3. The largest absolute Gasteiger partial charge is 0.462 e. The molecule has 6 nitrogen and oxygen atoms in total. The van der Waals surface area contributed by atoms with E-state index in [-0.39, 0.29) is 31.6 Å². The van der Waals surface area contributed by atoms with Crippen LogP contribution in [0.2, 0.25) is 0 Å². The van der Waals surface area contributed by atoms with E-state index in [1.807, 2.05) is 6.08 Å². The minimum absolute atomic E-state index is 0.108. The smallest absolute Gasteiger partial charge is 0.306 e. The van der Waals surface area contributed by atoms with Crippen LogP contribution in [0.1, 0.15) is 316 Å². The minimum Gasteiger partial charge on any atom is -0.462 e. The highest BCUT2D eigenvalue weighted by atomic mass is 16.6. The maximum atomic E-state index is 12.9. The Kier molecular flexibility index (Phi) is 63.3. The predicted octanol–water partition coefficient (Wildman–Crippen LogP) is 23.0. The molecule has 79 heavy (non-hydrogen) atoms. The number of esters is 3. The molecule has 0 radical (unpaired) electrons. The summed E-state index contributed by atoms with van der Waals surface area (Å²) in [4.78, 5) is 38.4. The lowest BCUT2D eigenvalue weighted by atomic mass is 10.0. The second kappa shape index (κ2) is 66.6. The van der Waals surface area contributed by atoms with Crippen molar-refractivity contribution in [2.45, 2.75) is 322 Å². The second-order valence-corrected chi connectivity index (χ2v) is 22.0. The number of allylic oxidation sites excluding steroid dienone is 18. The lowest BCUT2D eigenvalue weighted by Crippen LogP contribution is -2.30. The Labute approximate surface area is 489 Å². The molecule has 0 amide bonds. The van der Waals surface area contributed by atoms with Gasteiger partial charge in [0.2, 0.25) is 0 Å². The molecule has 0 aliphatic carbocycles. The molecule has 0 saturated heterocycles. The summed E-state index contributed by atoms with van der Waals surface area (Å²) in [7, 11) is 0. The first kappa shape index (κ1) is 75.1. The number of hydrogen-bond donors (Lipinski definition) is 0. The van der Waals surface area contributed by atoms with Gasteiger partial charge >= 0.3 is 17.9 Å². The highest BCUT2D eigenvalue weighted by molar-refractivity contribution is 5.71. The van der Waals surface area contributed by atoms with Gasteiger partial charge in [0.1, 0.15) is 13.2 Å². The Bertz CT molecular complexity index is 1590.